The highest BCUT2D eigenvalue weighted by Crippen LogP contribution is 2.14. The molecule has 2 N–H and O–H groups in total. The molecular formula is C10H12ClNO3. The molecule has 0 saturated heterocycles. The molecule has 82 valence electrons. The fourth-order valence-electron chi connectivity index (χ4n) is 0.967. The molecule has 0 atom stereocenters. The molecule has 5 heteroatoms. The molecule has 0 spiro atoms. The highest BCUT2D eigenvalue weighted by Gasteiger charge is 1.96. The van der Waals surface area contributed by atoms with E-state index in [1.54, 1.807) is 24.3 Å². The summed E-state index contributed by atoms with van der Waals surface area (Å²) in [6.07, 6.45) is 0. The number of hydrogen-bond acceptors (Lipinski definition) is 3. The lowest BCUT2D eigenvalue weighted by atomic mass is 10.3. The summed E-state index contributed by atoms with van der Waals surface area (Å²) in [4.78, 5) is 10.2. The molecule has 4 nitrogen and oxygen atoms in total. The number of carboxylic acids is 1. The lowest BCUT2D eigenvalue weighted by Crippen LogP contribution is -2.26. The van der Waals surface area contributed by atoms with E-state index in [4.69, 9.17) is 21.4 Å². The Labute approximate surface area is 92.8 Å². The fourth-order valence-corrected chi connectivity index (χ4v) is 1.09. The summed E-state index contributed by atoms with van der Waals surface area (Å²) in [7, 11) is 0. The van der Waals surface area contributed by atoms with Crippen molar-refractivity contribution in [1.82, 2.24) is 5.32 Å². The number of benzene rings is 1. The van der Waals surface area contributed by atoms with E-state index in [1.807, 2.05) is 0 Å². The van der Waals surface area contributed by atoms with Crippen LogP contribution in [-0.4, -0.2) is 30.8 Å². The lowest BCUT2D eigenvalue weighted by Gasteiger charge is -2.06. The Morgan fingerprint density at radius 3 is 2.67 bits per heavy atom. The van der Waals surface area contributed by atoms with Crippen LogP contribution in [0.25, 0.3) is 0 Å². The summed E-state index contributed by atoms with van der Waals surface area (Å²) in [5.41, 5.74) is 0. The number of aliphatic carboxylic acids is 1. The van der Waals surface area contributed by atoms with Crippen LogP contribution in [0.2, 0.25) is 5.02 Å². The summed E-state index contributed by atoms with van der Waals surface area (Å²) in [5, 5.41) is 11.7. The first-order valence-corrected chi connectivity index (χ1v) is 4.87. The van der Waals surface area contributed by atoms with Crippen LogP contribution in [0, 0.1) is 0 Å². The van der Waals surface area contributed by atoms with Crippen LogP contribution in [0.3, 0.4) is 0 Å². The zero-order valence-corrected chi connectivity index (χ0v) is 8.83. The predicted octanol–water partition coefficient (Wildman–Crippen LogP) is 1.39. The Kier molecular flexibility index (Phi) is 4.93. The van der Waals surface area contributed by atoms with Crippen LogP contribution < -0.4 is 10.1 Å². The van der Waals surface area contributed by atoms with Gasteiger partial charge in [-0.3, -0.25) is 4.79 Å². The van der Waals surface area contributed by atoms with Gasteiger partial charge in [-0.05, 0) is 24.3 Å². The van der Waals surface area contributed by atoms with Crippen molar-refractivity contribution in [3.8, 4) is 5.75 Å². The van der Waals surface area contributed by atoms with Crippen molar-refractivity contribution in [2.45, 2.75) is 0 Å². The first-order valence-electron chi connectivity index (χ1n) is 4.49. The Hall–Kier alpha value is -1.26. The van der Waals surface area contributed by atoms with Gasteiger partial charge in [0.2, 0.25) is 0 Å². The minimum atomic E-state index is -0.874. The van der Waals surface area contributed by atoms with E-state index in [0.29, 0.717) is 18.2 Å². The van der Waals surface area contributed by atoms with Crippen LogP contribution in [0.4, 0.5) is 0 Å². The quantitative estimate of drug-likeness (QED) is 0.724. The van der Waals surface area contributed by atoms with Crippen LogP contribution in [-0.2, 0) is 4.79 Å². The molecule has 0 unspecified atom stereocenters. The maximum Gasteiger partial charge on any atom is 0.317 e. The van der Waals surface area contributed by atoms with Crippen molar-refractivity contribution in [1.29, 1.82) is 0 Å². The van der Waals surface area contributed by atoms with E-state index in [0.717, 1.165) is 5.75 Å². The Morgan fingerprint density at radius 2 is 2.07 bits per heavy atom. The van der Waals surface area contributed by atoms with Crippen LogP contribution in [0.15, 0.2) is 24.3 Å². The second kappa shape index (κ2) is 6.27. The first-order chi connectivity index (χ1) is 7.18. The molecule has 1 aromatic rings. The molecule has 0 aliphatic rings. The normalized spacial score (nSPS) is 9.93. The molecule has 0 heterocycles. The maximum atomic E-state index is 10.2. The molecule has 0 saturated carbocycles. The molecule has 0 aromatic heterocycles. The van der Waals surface area contributed by atoms with E-state index in [9.17, 15) is 4.79 Å². The van der Waals surface area contributed by atoms with Gasteiger partial charge < -0.3 is 15.2 Å². The summed E-state index contributed by atoms with van der Waals surface area (Å²) in [6, 6.07) is 7.00. The smallest absolute Gasteiger partial charge is 0.317 e. The second-order valence-electron chi connectivity index (χ2n) is 2.87. The number of nitrogens with one attached hydrogen (secondary N) is 1. The first kappa shape index (κ1) is 11.8. The number of ether oxygens (including phenoxy) is 1. The van der Waals surface area contributed by atoms with Gasteiger partial charge in [-0.2, -0.15) is 0 Å². The number of halogens is 1. The maximum absolute atomic E-state index is 10.2. The average molecular weight is 230 g/mol. The van der Waals surface area contributed by atoms with Crippen molar-refractivity contribution >= 4 is 17.6 Å². The SMILES string of the molecule is O=C(O)CNCCOc1ccc(Cl)cc1. The highest BCUT2D eigenvalue weighted by atomic mass is 35.5. The van der Waals surface area contributed by atoms with Crippen molar-refractivity contribution < 1.29 is 14.6 Å². The predicted molar refractivity (Wildman–Crippen MR) is 57.5 cm³/mol. The minimum Gasteiger partial charge on any atom is -0.492 e. The molecular weight excluding hydrogens is 218 g/mol. The highest BCUT2D eigenvalue weighted by molar-refractivity contribution is 6.30. The van der Waals surface area contributed by atoms with Crippen LogP contribution >= 0.6 is 11.6 Å². The van der Waals surface area contributed by atoms with Gasteiger partial charge in [0, 0.05) is 11.6 Å². The molecule has 0 radical (unpaired) electrons. The Bertz CT molecular complexity index is 313. The van der Waals surface area contributed by atoms with Gasteiger partial charge in [-0.1, -0.05) is 11.6 Å². The standard InChI is InChI=1S/C10H12ClNO3/c11-8-1-3-9(4-2-8)15-6-5-12-7-10(13)14/h1-4,12H,5-7H2,(H,13,14). The van der Waals surface area contributed by atoms with Crippen molar-refractivity contribution in [2.24, 2.45) is 0 Å². The molecule has 0 fully saturated rings. The Balaban J connectivity index is 2.15. The van der Waals surface area contributed by atoms with E-state index in [1.165, 1.54) is 0 Å². The van der Waals surface area contributed by atoms with Gasteiger partial charge in [0.15, 0.2) is 0 Å². The third-order valence-corrected chi connectivity index (χ3v) is 1.89. The van der Waals surface area contributed by atoms with Crippen molar-refractivity contribution in [3.63, 3.8) is 0 Å². The zero-order chi connectivity index (χ0) is 11.1. The summed E-state index contributed by atoms with van der Waals surface area (Å²) in [6.45, 7) is 0.869. The van der Waals surface area contributed by atoms with Gasteiger partial charge in [0.05, 0.1) is 6.54 Å². The van der Waals surface area contributed by atoms with E-state index in [2.05, 4.69) is 5.32 Å². The van der Waals surface area contributed by atoms with E-state index in [-0.39, 0.29) is 6.54 Å². The van der Waals surface area contributed by atoms with Crippen molar-refractivity contribution in [3.05, 3.63) is 29.3 Å². The van der Waals surface area contributed by atoms with Gasteiger partial charge in [-0.15, -0.1) is 0 Å². The molecule has 0 bridgehead atoms. The molecule has 1 rings (SSSR count). The van der Waals surface area contributed by atoms with E-state index < -0.39 is 5.97 Å². The Morgan fingerprint density at radius 1 is 1.40 bits per heavy atom. The molecule has 0 aliphatic carbocycles. The molecule has 1 aromatic carbocycles. The van der Waals surface area contributed by atoms with E-state index >= 15 is 0 Å². The largest absolute Gasteiger partial charge is 0.492 e. The van der Waals surface area contributed by atoms with Crippen LogP contribution in [0.1, 0.15) is 0 Å². The topological polar surface area (TPSA) is 58.6 Å². The van der Waals surface area contributed by atoms with Crippen molar-refractivity contribution in [2.75, 3.05) is 19.7 Å². The lowest BCUT2D eigenvalue weighted by molar-refractivity contribution is -0.135. The minimum absolute atomic E-state index is 0.0516. The average Bonchev–Trinajstić information content (AvgIpc) is 2.20. The van der Waals surface area contributed by atoms with Gasteiger partial charge in [0.1, 0.15) is 12.4 Å². The van der Waals surface area contributed by atoms with Crippen LogP contribution in [0.5, 0.6) is 5.75 Å². The summed E-state index contributed by atoms with van der Waals surface area (Å²) in [5.74, 6) is -0.155. The number of carboxylic acid groups (broad SMARTS) is 1. The van der Waals surface area contributed by atoms with Gasteiger partial charge >= 0.3 is 5.97 Å². The molecule has 15 heavy (non-hydrogen) atoms. The fraction of sp³-hybridized carbons (Fsp3) is 0.300. The zero-order valence-electron chi connectivity index (χ0n) is 8.07. The van der Waals surface area contributed by atoms with Gasteiger partial charge in [-0.25, -0.2) is 0 Å². The summed E-state index contributed by atoms with van der Waals surface area (Å²) < 4.78 is 5.33. The summed E-state index contributed by atoms with van der Waals surface area (Å²) >= 11 is 5.70. The number of rotatable bonds is 6. The molecule has 0 aliphatic heterocycles. The third-order valence-electron chi connectivity index (χ3n) is 1.64. The number of carbonyl (C=O) groups is 1. The van der Waals surface area contributed by atoms with Gasteiger partial charge in [0.25, 0.3) is 0 Å². The number of hydrogen-bond donors (Lipinski definition) is 2. The third kappa shape index (κ3) is 5.24. The monoisotopic (exact) mass is 229 g/mol. The second-order valence-corrected chi connectivity index (χ2v) is 3.31. The molecule has 0 amide bonds.